The van der Waals surface area contributed by atoms with E-state index in [0.717, 1.165) is 9.92 Å². The first-order valence-corrected chi connectivity index (χ1v) is 7.47. The smallest absolute Gasteiger partial charge is 0.190 e. The van der Waals surface area contributed by atoms with Crippen LogP contribution in [-0.2, 0) is 0 Å². The second-order valence-electron chi connectivity index (χ2n) is 3.25. The van der Waals surface area contributed by atoms with Gasteiger partial charge in [-0.05, 0) is 18.4 Å². The van der Waals surface area contributed by atoms with Gasteiger partial charge in [0.1, 0.15) is 10.8 Å². The van der Waals surface area contributed by atoms with Gasteiger partial charge in [-0.1, -0.05) is 47.3 Å². The number of benzene rings is 1. The van der Waals surface area contributed by atoms with Crippen molar-refractivity contribution >= 4 is 40.9 Å². The monoisotopic (exact) mass is 298 g/mol. The second-order valence-corrected chi connectivity index (χ2v) is 5.50. The molecular formula is C11H11ClN4S2. The van der Waals surface area contributed by atoms with Gasteiger partial charge in [0.25, 0.3) is 0 Å². The number of nitrogen functional groups attached to an aromatic ring is 1. The molecule has 0 unspecified atom stereocenters. The van der Waals surface area contributed by atoms with Crippen LogP contribution in [0, 0.1) is 0 Å². The van der Waals surface area contributed by atoms with E-state index >= 15 is 0 Å². The molecule has 0 saturated carbocycles. The van der Waals surface area contributed by atoms with Gasteiger partial charge < -0.3 is 5.43 Å². The summed E-state index contributed by atoms with van der Waals surface area (Å²) in [7, 11) is 0. The van der Waals surface area contributed by atoms with Gasteiger partial charge >= 0.3 is 0 Å². The molecule has 0 saturated heterocycles. The molecule has 0 radical (unpaired) electrons. The minimum Gasteiger partial charge on any atom is -0.308 e. The van der Waals surface area contributed by atoms with Crippen molar-refractivity contribution in [1.82, 2.24) is 9.97 Å². The molecule has 0 spiro atoms. The zero-order valence-electron chi connectivity index (χ0n) is 9.55. The van der Waals surface area contributed by atoms with Gasteiger partial charge in [0.15, 0.2) is 5.16 Å². The van der Waals surface area contributed by atoms with Crippen molar-refractivity contribution in [2.45, 2.75) is 15.1 Å². The number of anilines is 1. The van der Waals surface area contributed by atoms with Gasteiger partial charge in [-0.15, -0.1) is 0 Å². The van der Waals surface area contributed by atoms with E-state index in [1.165, 1.54) is 23.5 Å². The summed E-state index contributed by atoms with van der Waals surface area (Å²) in [6.45, 7) is 0. The molecule has 0 aliphatic carbocycles. The fourth-order valence-electron chi connectivity index (χ4n) is 1.26. The number of halogens is 1. The van der Waals surface area contributed by atoms with E-state index in [4.69, 9.17) is 17.4 Å². The third-order valence-electron chi connectivity index (χ3n) is 2.06. The van der Waals surface area contributed by atoms with Gasteiger partial charge in [-0.2, -0.15) is 0 Å². The zero-order valence-corrected chi connectivity index (χ0v) is 11.9. The predicted octanol–water partition coefficient (Wildman–Crippen LogP) is 3.29. The van der Waals surface area contributed by atoms with Crippen LogP contribution in [0.5, 0.6) is 0 Å². The number of rotatable bonds is 4. The van der Waals surface area contributed by atoms with E-state index in [2.05, 4.69) is 15.4 Å². The molecule has 0 amide bonds. The Kier molecular flexibility index (Phi) is 4.71. The third-order valence-corrected chi connectivity index (χ3v) is 4.05. The molecule has 1 aromatic heterocycles. The van der Waals surface area contributed by atoms with E-state index in [9.17, 15) is 0 Å². The number of thioether (sulfide) groups is 1. The van der Waals surface area contributed by atoms with E-state index in [1.54, 1.807) is 6.07 Å². The normalized spacial score (nSPS) is 10.4. The lowest BCUT2D eigenvalue weighted by Crippen LogP contribution is -2.09. The van der Waals surface area contributed by atoms with Crippen molar-refractivity contribution in [2.75, 3.05) is 11.7 Å². The Morgan fingerprint density at radius 2 is 2.06 bits per heavy atom. The van der Waals surface area contributed by atoms with Crippen LogP contribution in [0.2, 0.25) is 5.02 Å². The Labute approximate surface area is 119 Å². The Bertz CT molecular complexity index is 528. The number of nitrogens with one attached hydrogen (secondary N) is 1. The lowest BCUT2D eigenvalue weighted by molar-refractivity contribution is 0.893. The number of nitrogens with zero attached hydrogens (tertiary/aromatic N) is 2. The Balaban J connectivity index is 2.31. The van der Waals surface area contributed by atoms with Crippen LogP contribution >= 0.6 is 35.1 Å². The topological polar surface area (TPSA) is 63.8 Å². The quantitative estimate of drug-likeness (QED) is 0.297. The molecule has 0 bridgehead atoms. The first-order valence-electron chi connectivity index (χ1n) is 5.05. The van der Waals surface area contributed by atoms with Gasteiger partial charge in [0, 0.05) is 11.0 Å². The second kappa shape index (κ2) is 6.29. The summed E-state index contributed by atoms with van der Waals surface area (Å²) in [6, 6.07) is 9.42. The predicted molar refractivity (Wildman–Crippen MR) is 77.2 cm³/mol. The average Bonchev–Trinajstić information content (AvgIpc) is 2.41. The third kappa shape index (κ3) is 3.29. The van der Waals surface area contributed by atoms with Crippen LogP contribution in [0.1, 0.15) is 0 Å². The highest BCUT2D eigenvalue weighted by molar-refractivity contribution is 7.99. The van der Waals surface area contributed by atoms with Gasteiger partial charge in [0.05, 0.1) is 5.02 Å². The first kappa shape index (κ1) is 13.5. The van der Waals surface area contributed by atoms with Gasteiger partial charge in [-0.3, -0.25) is 0 Å². The Hall–Kier alpha value is -0.950. The van der Waals surface area contributed by atoms with Crippen LogP contribution in [0.4, 0.5) is 5.82 Å². The SMILES string of the molecule is CSc1nc(NN)cc(Sc2ccccc2Cl)n1. The highest BCUT2D eigenvalue weighted by Gasteiger charge is 2.07. The van der Waals surface area contributed by atoms with Crippen molar-refractivity contribution in [2.24, 2.45) is 5.84 Å². The maximum Gasteiger partial charge on any atom is 0.190 e. The van der Waals surface area contributed by atoms with Crippen molar-refractivity contribution in [1.29, 1.82) is 0 Å². The summed E-state index contributed by atoms with van der Waals surface area (Å²) >= 11 is 9.06. The molecule has 0 atom stereocenters. The summed E-state index contributed by atoms with van der Waals surface area (Å²) in [4.78, 5) is 9.55. The summed E-state index contributed by atoms with van der Waals surface area (Å²) in [5.74, 6) is 5.97. The van der Waals surface area contributed by atoms with E-state index in [-0.39, 0.29) is 0 Å². The Morgan fingerprint density at radius 3 is 2.72 bits per heavy atom. The molecule has 3 N–H and O–H groups in total. The van der Waals surface area contributed by atoms with E-state index in [0.29, 0.717) is 16.0 Å². The summed E-state index contributed by atoms with van der Waals surface area (Å²) in [5, 5.41) is 2.17. The molecule has 18 heavy (non-hydrogen) atoms. The number of hydrogen-bond donors (Lipinski definition) is 2. The molecule has 0 aliphatic rings. The number of hydrogen-bond acceptors (Lipinski definition) is 6. The minimum absolute atomic E-state index is 0.587. The van der Waals surface area contributed by atoms with Crippen LogP contribution in [-0.4, -0.2) is 16.2 Å². The molecule has 1 heterocycles. The van der Waals surface area contributed by atoms with Gasteiger partial charge in [0.2, 0.25) is 0 Å². The van der Waals surface area contributed by atoms with Crippen molar-refractivity contribution < 1.29 is 0 Å². The first-order chi connectivity index (χ1) is 8.72. The standard InChI is InChI=1S/C11H11ClN4S2/c1-17-11-14-9(16-13)6-10(15-11)18-8-5-3-2-4-7(8)12/h2-6H,13H2,1H3,(H,14,15,16). The minimum atomic E-state index is 0.587. The van der Waals surface area contributed by atoms with Crippen molar-refractivity contribution in [3.8, 4) is 0 Å². The van der Waals surface area contributed by atoms with Crippen LogP contribution in [0.15, 0.2) is 45.4 Å². The molecule has 0 aliphatic heterocycles. The maximum absolute atomic E-state index is 6.11. The lowest BCUT2D eigenvalue weighted by Gasteiger charge is -2.06. The zero-order chi connectivity index (χ0) is 13.0. The lowest BCUT2D eigenvalue weighted by atomic mass is 10.4. The molecule has 4 nitrogen and oxygen atoms in total. The molecule has 2 aromatic rings. The molecule has 2 rings (SSSR count). The van der Waals surface area contributed by atoms with Crippen molar-refractivity contribution in [3.05, 3.63) is 35.4 Å². The fourth-order valence-corrected chi connectivity index (χ4v) is 2.79. The number of aromatic nitrogens is 2. The summed E-state index contributed by atoms with van der Waals surface area (Å²) in [5.41, 5.74) is 2.53. The van der Waals surface area contributed by atoms with Crippen LogP contribution in [0.3, 0.4) is 0 Å². The highest BCUT2D eigenvalue weighted by atomic mass is 35.5. The van der Waals surface area contributed by atoms with Crippen LogP contribution < -0.4 is 11.3 Å². The fraction of sp³-hybridized carbons (Fsp3) is 0.0909. The average molecular weight is 299 g/mol. The molecule has 1 aromatic carbocycles. The Morgan fingerprint density at radius 1 is 1.28 bits per heavy atom. The molecular weight excluding hydrogens is 288 g/mol. The summed E-state index contributed by atoms with van der Waals surface area (Å²) in [6.07, 6.45) is 1.92. The molecule has 94 valence electrons. The molecule has 7 heteroatoms. The van der Waals surface area contributed by atoms with E-state index in [1.807, 2.05) is 30.5 Å². The maximum atomic E-state index is 6.11. The van der Waals surface area contributed by atoms with Crippen LogP contribution in [0.25, 0.3) is 0 Å². The highest BCUT2D eigenvalue weighted by Crippen LogP contribution is 2.33. The largest absolute Gasteiger partial charge is 0.308 e. The van der Waals surface area contributed by atoms with E-state index < -0.39 is 0 Å². The van der Waals surface area contributed by atoms with Gasteiger partial charge in [-0.25, -0.2) is 15.8 Å². The molecule has 0 fully saturated rings. The van der Waals surface area contributed by atoms with Crippen molar-refractivity contribution in [3.63, 3.8) is 0 Å². The number of nitrogens with two attached hydrogens (primary N) is 1. The summed E-state index contributed by atoms with van der Waals surface area (Å²) < 4.78 is 0. The number of hydrazine groups is 1.